The van der Waals surface area contributed by atoms with Crippen molar-refractivity contribution in [3.8, 4) is 0 Å². The molecule has 1 unspecified atom stereocenters. The van der Waals surface area contributed by atoms with Crippen LogP contribution in [0.5, 0.6) is 0 Å². The van der Waals surface area contributed by atoms with Crippen molar-refractivity contribution in [3.63, 3.8) is 0 Å². The van der Waals surface area contributed by atoms with Crippen LogP contribution in [0.3, 0.4) is 0 Å². The van der Waals surface area contributed by atoms with E-state index in [4.69, 9.17) is 4.98 Å². The average Bonchev–Trinajstić information content (AvgIpc) is 2.96. The topological polar surface area (TPSA) is 40.8 Å². The third-order valence-corrected chi connectivity index (χ3v) is 4.71. The predicted molar refractivity (Wildman–Crippen MR) is 90.3 cm³/mol. The van der Waals surface area contributed by atoms with Crippen LogP contribution in [-0.2, 0) is 13.0 Å². The first kappa shape index (κ1) is 14.4. The first-order chi connectivity index (χ1) is 11.2. The van der Waals surface area contributed by atoms with Crippen molar-refractivity contribution in [2.45, 2.75) is 25.9 Å². The normalized spacial score (nSPS) is 18.3. The van der Waals surface area contributed by atoms with Gasteiger partial charge < -0.3 is 9.51 Å². The Morgan fingerprint density at radius 1 is 1.17 bits per heavy atom. The lowest BCUT2D eigenvalue weighted by Crippen LogP contribution is -2.36. The summed E-state index contributed by atoms with van der Waals surface area (Å²) in [4.78, 5) is 7.04. The highest BCUT2D eigenvalue weighted by atomic mass is 16.3. The molecule has 1 aliphatic heterocycles. The minimum Gasteiger partial charge on any atom is -0.394 e. The van der Waals surface area contributed by atoms with Crippen LogP contribution in [0, 0.1) is 6.92 Å². The highest BCUT2D eigenvalue weighted by Crippen LogP contribution is 2.30. The first-order valence-electron chi connectivity index (χ1n) is 8.11. The minimum atomic E-state index is 0.0616. The van der Waals surface area contributed by atoms with E-state index in [-0.39, 0.29) is 12.6 Å². The van der Waals surface area contributed by atoms with Gasteiger partial charge in [0.2, 0.25) is 0 Å². The van der Waals surface area contributed by atoms with E-state index < -0.39 is 0 Å². The molecule has 3 aromatic rings. The second-order valence-electron chi connectivity index (χ2n) is 6.32. The summed E-state index contributed by atoms with van der Waals surface area (Å²) in [5, 5.41) is 9.90. The van der Waals surface area contributed by atoms with E-state index in [0.29, 0.717) is 0 Å². The Kier molecular flexibility index (Phi) is 3.63. The van der Waals surface area contributed by atoms with Gasteiger partial charge in [0.05, 0.1) is 18.3 Å². The van der Waals surface area contributed by atoms with Crippen molar-refractivity contribution in [1.29, 1.82) is 0 Å². The van der Waals surface area contributed by atoms with Gasteiger partial charge in [-0.3, -0.25) is 4.90 Å². The van der Waals surface area contributed by atoms with Crippen molar-refractivity contribution in [1.82, 2.24) is 14.3 Å². The number of pyridine rings is 1. The van der Waals surface area contributed by atoms with Crippen molar-refractivity contribution < 1.29 is 5.11 Å². The molecule has 1 atom stereocenters. The van der Waals surface area contributed by atoms with Crippen LogP contribution in [0.25, 0.3) is 5.65 Å². The molecule has 0 bridgehead atoms. The first-order valence-corrected chi connectivity index (χ1v) is 8.11. The van der Waals surface area contributed by atoms with Crippen LogP contribution in [0.2, 0.25) is 0 Å². The molecule has 1 aliphatic rings. The van der Waals surface area contributed by atoms with Crippen LogP contribution in [-0.4, -0.2) is 32.5 Å². The highest BCUT2D eigenvalue weighted by molar-refractivity contribution is 5.41. The number of nitrogens with zero attached hydrogens (tertiary/aromatic N) is 3. The molecule has 2 aromatic heterocycles. The van der Waals surface area contributed by atoms with Crippen molar-refractivity contribution >= 4 is 5.65 Å². The second kappa shape index (κ2) is 5.80. The zero-order valence-corrected chi connectivity index (χ0v) is 13.3. The number of hydrogen-bond acceptors (Lipinski definition) is 3. The number of aromatic nitrogens is 2. The zero-order chi connectivity index (χ0) is 15.8. The lowest BCUT2D eigenvalue weighted by atomic mass is 9.93. The van der Waals surface area contributed by atoms with E-state index in [1.54, 1.807) is 0 Å². The molecule has 23 heavy (non-hydrogen) atoms. The maximum Gasteiger partial charge on any atom is 0.137 e. The molecule has 1 N–H and O–H groups in total. The lowest BCUT2D eigenvalue weighted by Gasteiger charge is -2.35. The molecule has 118 valence electrons. The molecule has 0 fully saturated rings. The summed E-state index contributed by atoms with van der Waals surface area (Å²) in [5.41, 5.74) is 5.85. The van der Waals surface area contributed by atoms with E-state index in [0.717, 1.165) is 30.9 Å². The monoisotopic (exact) mass is 307 g/mol. The van der Waals surface area contributed by atoms with Crippen LogP contribution < -0.4 is 0 Å². The van der Waals surface area contributed by atoms with Crippen molar-refractivity contribution in [2.75, 3.05) is 13.2 Å². The number of benzene rings is 1. The number of aliphatic hydroxyl groups excluding tert-OH is 1. The van der Waals surface area contributed by atoms with Gasteiger partial charge in [-0.2, -0.15) is 0 Å². The molecule has 0 spiro atoms. The molecular weight excluding hydrogens is 286 g/mol. The minimum absolute atomic E-state index is 0.0616. The predicted octanol–water partition coefficient (Wildman–Crippen LogP) is 2.73. The van der Waals surface area contributed by atoms with Crippen LogP contribution in [0.4, 0.5) is 0 Å². The Bertz CT molecular complexity index is 840. The van der Waals surface area contributed by atoms with E-state index >= 15 is 0 Å². The van der Waals surface area contributed by atoms with Crippen LogP contribution >= 0.6 is 0 Å². The maximum atomic E-state index is 9.90. The van der Waals surface area contributed by atoms with Crippen LogP contribution in [0.1, 0.15) is 28.4 Å². The van der Waals surface area contributed by atoms with Gasteiger partial charge in [0.25, 0.3) is 0 Å². The van der Waals surface area contributed by atoms with Gasteiger partial charge in [0.15, 0.2) is 0 Å². The van der Waals surface area contributed by atoms with Gasteiger partial charge in [-0.1, -0.05) is 30.3 Å². The molecule has 0 saturated carbocycles. The van der Waals surface area contributed by atoms with Crippen molar-refractivity contribution in [3.05, 3.63) is 71.2 Å². The molecule has 0 radical (unpaired) electrons. The molecule has 0 saturated heterocycles. The largest absolute Gasteiger partial charge is 0.394 e. The summed E-state index contributed by atoms with van der Waals surface area (Å²) in [5.74, 6) is 0. The highest BCUT2D eigenvalue weighted by Gasteiger charge is 2.26. The Balaban J connectivity index is 1.62. The molecule has 4 heteroatoms. The molecule has 4 nitrogen and oxygen atoms in total. The quantitative estimate of drug-likeness (QED) is 0.809. The van der Waals surface area contributed by atoms with Gasteiger partial charge in [-0.25, -0.2) is 4.98 Å². The number of hydrogen-bond donors (Lipinski definition) is 1. The third-order valence-electron chi connectivity index (χ3n) is 4.71. The average molecular weight is 307 g/mol. The molecule has 0 amide bonds. The summed E-state index contributed by atoms with van der Waals surface area (Å²) < 4.78 is 2.08. The lowest BCUT2D eigenvalue weighted by molar-refractivity contribution is 0.107. The van der Waals surface area contributed by atoms with Gasteiger partial charge in [0.1, 0.15) is 5.65 Å². The molecule has 0 aliphatic carbocycles. The van der Waals surface area contributed by atoms with Crippen LogP contribution in [0.15, 0.2) is 48.8 Å². The SMILES string of the molecule is Cc1ccc2nc(CN3CCc4ccccc4C3CO)cn2c1. The summed E-state index contributed by atoms with van der Waals surface area (Å²) in [6.45, 7) is 3.95. The van der Waals surface area contributed by atoms with Gasteiger partial charge >= 0.3 is 0 Å². The standard InChI is InChI=1S/C19H21N3O/c1-14-6-7-19-20-16(12-22(19)10-14)11-21-9-8-15-4-2-3-5-17(15)18(21)13-23/h2-7,10,12,18,23H,8-9,11,13H2,1H3. The number of imidazole rings is 1. The zero-order valence-electron chi connectivity index (χ0n) is 13.3. The summed E-state index contributed by atoms with van der Waals surface area (Å²) in [7, 11) is 0. The fraction of sp³-hybridized carbons (Fsp3) is 0.316. The second-order valence-corrected chi connectivity index (χ2v) is 6.32. The number of rotatable bonds is 3. The fourth-order valence-corrected chi connectivity index (χ4v) is 3.55. The number of aryl methyl sites for hydroxylation is 1. The van der Waals surface area contributed by atoms with Gasteiger partial charge in [0, 0.05) is 25.5 Å². The Morgan fingerprint density at radius 3 is 2.91 bits per heavy atom. The maximum absolute atomic E-state index is 9.90. The molecular formula is C19H21N3O. The number of fused-ring (bicyclic) bond motifs is 2. The molecule has 4 rings (SSSR count). The molecule has 1 aromatic carbocycles. The summed E-state index contributed by atoms with van der Waals surface area (Å²) >= 11 is 0. The van der Waals surface area contributed by atoms with E-state index in [2.05, 4.69) is 58.9 Å². The number of aliphatic hydroxyl groups is 1. The fourth-order valence-electron chi connectivity index (χ4n) is 3.55. The van der Waals surface area contributed by atoms with Crippen molar-refractivity contribution in [2.24, 2.45) is 0 Å². The van der Waals surface area contributed by atoms with E-state index in [9.17, 15) is 5.11 Å². The summed E-state index contributed by atoms with van der Waals surface area (Å²) in [6, 6.07) is 12.6. The van der Waals surface area contributed by atoms with Gasteiger partial charge in [-0.05, 0) is 36.1 Å². The van der Waals surface area contributed by atoms with Gasteiger partial charge in [-0.15, -0.1) is 0 Å². The van der Waals surface area contributed by atoms with E-state index in [1.807, 2.05) is 6.07 Å². The smallest absolute Gasteiger partial charge is 0.137 e. The Labute approximate surface area is 136 Å². The third kappa shape index (κ3) is 2.64. The summed E-state index contributed by atoms with van der Waals surface area (Å²) in [6.07, 6.45) is 5.22. The Hall–Kier alpha value is -2.17. The van der Waals surface area contributed by atoms with E-state index in [1.165, 1.54) is 16.7 Å². The molecule has 3 heterocycles. The Morgan fingerprint density at radius 2 is 2.04 bits per heavy atom.